The van der Waals surface area contributed by atoms with E-state index in [2.05, 4.69) is 38.5 Å². The number of rotatable bonds is 5. The van der Waals surface area contributed by atoms with Crippen LogP contribution in [0.1, 0.15) is 13.8 Å². The van der Waals surface area contributed by atoms with Crippen molar-refractivity contribution in [3.8, 4) is 0 Å². The van der Waals surface area contributed by atoms with E-state index >= 15 is 0 Å². The molecular weight excluding hydrogens is 413 g/mol. The van der Waals surface area contributed by atoms with Gasteiger partial charge in [-0.3, -0.25) is 5.32 Å². The van der Waals surface area contributed by atoms with Crippen molar-refractivity contribution in [3.05, 3.63) is 39.2 Å². The number of thioether (sulfide) groups is 1. The lowest BCUT2D eigenvalue weighted by Crippen LogP contribution is -2.52. The standard InChI is InChI=1S/C15H20IN3O2S/c1-4-21-14(20)12-9(2)17-15(22-3)19-13(12)18-11-7-5-10(16)6-8-11/h5-9,15,17-19H,4H2,1-3H3. The Bertz CT molecular complexity index is 562. The highest BCUT2D eigenvalue weighted by atomic mass is 127. The third-order valence-electron chi connectivity index (χ3n) is 3.22. The number of esters is 1. The summed E-state index contributed by atoms with van der Waals surface area (Å²) < 4.78 is 6.35. The SMILES string of the molecule is CCOC(=O)C1=C(Nc2ccc(I)cc2)NC(SC)NC1C. The van der Waals surface area contributed by atoms with Gasteiger partial charge in [-0.05, 0) is 67.0 Å². The first kappa shape index (κ1) is 17.4. The van der Waals surface area contributed by atoms with Gasteiger partial charge in [0.05, 0.1) is 12.2 Å². The van der Waals surface area contributed by atoms with E-state index in [4.69, 9.17) is 4.74 Å². The van der Waals surface area contributed by atoms with Crippen LogP contribution in [0.4, 0.5) is 5.69 Å². The van der Waals surface area contributed by atoms with E-state index in [0.29, 0.717) is 18.0 Å². The van der Waals surface area contributed by atoms with Crippen LogP contribution in [0, 0.1) is 3.57 Å². The predicted molar refractivity (Wildman–Crippen MR) is 99.5 cm³/mol. The van der Waals surface area contributed by atoms with Crippen molar-refractivity contribution < 1.29 is 9.53 Å². The smallest absolute Gasteiger partial charge is 0.339 e. The van der Waals surface area contributed by atoms with Crippen molar-refractivity contribution in [2.75, 3.05) is 18.2 Å². The van der Waals surface area contributed by atoms with Crippen LogP contribution in [0.25, 0.3) is 0 Å². The molecule has 1 heterocycles. The molecule has 0 amide bonds. The second-order valence-corrected chi connectivity index (χ2v) is 6.98. The van der Waals surface area contributed by atoms with Crippen LogP contribution in [0.5, 0.6) is 0 Å². The summed E-state index contributed by atoms with van der Waals surface area (Å²) in [5.41, 5.74) is 1.56. The Kier molecular flexibility index (Phi) is 6.39. The van der Waals surface area contributed by atoms with Gasteiger partial charge in [-0.15, -0.1) is 11.8 Å². The van der Waals surface area contributed by atoms with Crippen LogP contribution < -0.4 is 16.0 Å². The summed E-state index contributed by atoms with van der Waals surface area (Å²) in [5.74, 6) is 0.396. The van der Waals surface area contributed by atoms with Crippen LogP contribution in [0.3, 0.4) is 0 Å². The molecule has 1 aromatic carbocycles. The molecule has 0 saturated heterocycles. The fourth-order valence-electron chi connectivity index (χ4n) is 2.17. The lowest BCUT2D eigenvalue weighted by Gasteiger charge is -2.33. The van der Waals surface area contributed by atoms with Crippen LogP contribution >= 0.6 is 34.4 Å². The van der Waals surface area contributed by atoms with Crippen molar-refractivity contribution in [3.63, 3.8) is 0 Å². The normalized spacial score (nSPS) is 21.3. The molecule has 7 heteroatoms. The van der Waals surface area contributed by atoms with E-state index in [1.165, 1.54) is 0 Å². The van der Waals surface area contributed by atoms with Crippen molar-refractivity contribution in [2.45, 2.75) is 25.4 Å². The second kappa shape index (κ2) is 8.07. The molecule has 2 rings (SSSR count). The maximum atomic E-state index is 12.3. The third kappa shape index (κ3) is 4.30. The van der Waals surface area contributed by atoms with Gasteiger partial charge in [0, 0.05) is 15.3 Å². The number of nitrogens with one attached hydrogen (secondary N) is 3. The molecule has 2 atom stereocenters. The molecule has 0 saturated carbocycles. The lowest BCUT2D eigenvalue weighted by atomic mass is 10.1. The fourth-order valence-corrected chi connectivity index (χ4v) is 3.11. The van der Waals surface area contributed by atoms with Gasteiger partial charge in [-0.2, -0.15) is 0 Å². The number of benzene rings is 1. The molecule has 22 heavy (non-hydrogen) atoms. The van der Waals surface area contributed by atoms with Gasteiger partial charge in [-0.25, -0.2) is 4.79 Å². The van der Waals surface area contributed by atoms with Gasteiger partial charge < -0.3 is 15.4 Å². The summed E-state index contributed by atoms with van der Waals surface area (Å²) >= 11 is 3.91. The molecule has 120 valence electrons. The molecule has 3 N–H and O–H groups in total. The molecule has 1 aliphatic rings. The second-order valence-electron chi connectivity index (χ2n) is 4.79. The van der Waals surface area contributed by atoms with E-state index in [1.807, 2.05) is 44.4 Å². The molecule has 0 bridgehead atoms. The minimum atomic E-state index is -0.303. The van der Waals surface area contributed by atoms with Crippen LogP contribution in [0.2, 0.25) is 0 Å². The monoisotopic (exact) mass is 433 g/mol. The minimum absolute atomic E-state index is 0.0412. The van der Waals surface area contributed by atoms with Gasteiger partial charge in [0.15, 0.2) is 0 Å². The van der Waals surface area contributed by atoms with Gasteiger partial charge in [-0.1, -0.05) is 0 Å². The average molecular weight is 433 g/mol. The van der Waals surface area contributed by atoms with Gasteiger partial charge >= 0.3 is 5.97 Å². The van der Waals surface area contributed by atoms with E-state index in [0.717, 1.165) is 9.26 Å². The summed E-state index contributed by atoms with van der Waals surface area (Å²) in [5, 5.41) is 9.94. The minimum Gasteiger partial charge on any atom is -0.462 e. The largest absolute Gasteiger partial charge is 0.462 e. The van der Waals surface area contributed by atoms with Crippen molar-refractivity contribution in [1.82, 2.24) is 10.6 Å². The molecule has 0 aromatic heterocycles. The Morgan fingerprint density at radius 1 is 1.41 bits per heavy atom. The zero-order valence-electron chi connectivity index (χ0n) is 12.8. The third-order valence-corrected chi connectivity index (χ3v) is 4.67. The molecule has 0 spiro atoms. The van der Waals surface area contributed by atoms with Crippen LogP contribution in [0.15, 0.2) is 35.7 Å². The first-order valence-electron chi connectivity index (χ1n) is 7.04. The summed E-state index contributed by atoms with van der Waals surface area (Å²) in [7, 11) is 0. The topological polar surface area (TPSA) is 62.4 Å². The van der Waals surface area contributed by atoms with Gasteiger partial charge in [0.25, 0.3) is 0 Å². The Balaban J connectivity index is 2.31. The zero-order chi connectivity index (χ0) is 16.1. The maximum Gasteiger partial charge on any atom is 0.339 e. The van der Waals surface area contributed by atoms with Crippen molar-refractivity contribution in [1.29, 1.82) is 0 Å². The number of hydrogen-bond donors (Lipinski definition) is 3. The highest BCUT2D eigenvalue weighted by molar-refractivity contribution is 14.1. The molecule has 0 radical (unpaired) electrons. The van der Waals surface area contributed by atoms with E-state index in [1.54, 1.807) is 11.8 Å². The van der Waals surface area contributed by atoms with Gasteiger partial charge in [0.2, 0.25) is 0 Å². The zero-order valence-corrected chi connectivity index (χ0v) is 15.7. The number of halogens is 1. The molecule has 0 fully saturated rings. The highest BCUT2D eigenvalue weighted by Crippen LogP contribution is 2.21. The number of carbonyl (C=O) groups is 1. The highest BCUT2D eigenvalue weighted by Gasteiger charge is 2.30. The van der Waals surface area contributed by atoms with Crippen molar-refractivity contribution in [2.24, 2.45) is 0 Å². The molecule has 1 aliphatic heterocycles. The molecule has 2 unspecified atom stereocenters. The molecule has 5 nitrogen and oxygen atoms in total. The van der Waals surface area contributed by atoms with E-state index in [-0.39, 0.29) is 17.5 Å². The average Bonchev–Trinajstić information content (AvgIpc) is 2.49. The lowest BCUT2D eigenvalue weighted by molar-refractivity contribution is -0.139. The number of hydrogen-bond acceptors (Lipinski definition) is 6. The predicted octanol–water partition coefficient (Wildman–Crippen LogP) is 2.71. The van der Waals surface area contributed by atoms with Crippen LogP contribution in [-0.2, 0) is 9.53 Å². The summed E-state index contributed by atoms with van der Waals surface area (Å²) in [6.07, 6.45) is 2.01. The van der Waals surface area contributed by atoms with E-state index in [9.17, 15) is 4.79 Å². The first-order valence-corrected chi connectivity index (χ1v) is 9.41. The number of carbonyl (C=O) groups excluding carboxylic acids is 1. The first-order chi connectivity index (χ1) is 10.5. The molecule has 0 aliphatic carbocycles. The number of anilines is 1. The fraction of sp³-hybridized carbons (Fsp3) is 0.400. The Morgan fingerprint density at radius 3 is 2.68 bits per heavy atom. The summed E-state index contributed by atoms with van der Waals surface area (Å²) in [6.45, 7) is 4.13. The maximum absolute atomic E-state index is 12.3. The quantitative estimate of drug-likeness (QED) is 0.491. The van der Waals surface area contributed by atoms with Gasteiger partial charge in [0.1, 0.15) is 11.3 Å². The Morgan fingerprint density at radius 2 is 2.09 bits per heavy atom. The molecular formula is C15H20IN3O2S. The summed E-state index contributed by atoms with van der Waals surface area (Å²) in [4.78, 5) is 12.3. The van der Waals surface area contributed by atoms with Crippen LogP contribution in [-0.4, -0.2) is 30.4 Å². The Labute approximate surface area is 148 Å². The number of ether oxygens (including phenoxy) is 1. The van der Waals surface area contributed by atoms with Crippen molar-refractivity contribution >= 4 is 46.0 Å². The summed E-state index contributed by atoms with van der Waals surface area (Å²) in [6, 6.07) is 7.91. The Hall–Kier alpha value is -0.930. The molecule has 1 aromatic rings. The van der Waals surface area contributed by atoms with E-state index < -0.39 is 0 Å².